The molecule has 1 saturated heterocycles. The van der Waals surface area contributed by atoms with Crippen LogP contribution in [-0.4, -0.2) is 27.1 Å². The molecule has 0 saturated carbocycles. The van der Waals surface area contributed by atoms with Crippen molar-refractivity contribution in [2.45, 2.75) is 50.7 Å². The van der Waals surface area contributed by atoms with Crippen LogP contribution >= 0.6 is 11.6 Å². The molecule has 0 unspecified atom stereocenters. The smallest absolute Gasteiger partial charge is 0.331 e. The number of ether oxygens (including phenoxy) is 1. The summed E-state index contributed by atoms with van der Waals surface area (Å²) in [5, 5.41) is 0.674. The number of piperidine rings is 1. The Hall–Kier alpha value is -3.63. The van der Waals surface area contributed by atoms with Crippen molar-refractivity contribution < 1.29 is 13.5 Å². The quantitative estimate of drug-likeness (QED) is 0.336. The summed E-state index contributed by atoms with van der Waals surface area (Å²) in [6.07, 6.45) is 1.04. The van der Waals surface area contributed by atoms with E-state index in [-0.39, 0.29) is 25.3 Å². The van der Waals surface area contributed by atoms with Gasteiger partial charge in [0.15, 0.2) is 0 Å². The summed E-state index contributed by atoms with van der Waals surface area (Å²) >= 11 is 6.17. The summed E-state index contributed by atoms with van der Waals surface area (Å²) in [5.41, 5.74) is 6.73. The Labute approximate surface area is 246 Å². The van der Waals surface area contributed by atoms with Crippen LogP contribution in [0.1, 0.15) is 46.8 Å². The second-order valence-corrected chi connectivity index (χ2v) is 11.4. The molecule has 1 spiro atoms. The van der Waals surface area contributed by atoms with Gasteiger partial charge in [0.05, 0.1) is 31.0 Å². The van der Waals surface area contributed by atoms with E-state index in [0.717, 1.165) is 27.8 Å². The van der Waals surface area contributed by atoms with Gasteiger partial charge in [-0.2, -0.15) is 0 Å². The molecule has 0 amide bonds. The molecule has 42 heavy (non-hydrogen) atoms. The number of halogens is 3. The molecule has 1 aromatic heterocycles. The van der Waals surface area contributed by atoms with Gasteiger partial charge < -0.3 is 10.5 Å². The summed E-state index contributed by atoms with van der Waals surface area (Å²) in [6, 6.07) is 19.8. The Bertz CT molecular complexity index is 1710. The minimum Gasteiger partial charge on any atom is -0.364 e. The standard InChI is InChI=1S/C32H31ClF2N4O3/c33-23-9-4-6-21(16-23)17-37-14-12-32(13-15-37)29-28(20-42-32)38(18-24-25(34)10-5-11-26(24)35)31(41)39(30(29)40)19-27(36)22-7-2-1-3-8-22/h1-11,16,27H,12-15,17-20,36H2/t27-/m0/s1. The van der Waals surface area contributed by atoms with Gasteiger partial charge in [0.1, 0.15) is 17.2 Å². The summed E-state index contributed by atoms with van der Waals surface area (Å²) < 4.78 is 38.2. The molecule has 0 bridgehead atoms. The molecule has 1 fully saturated rings. The third-order valence-electron chi connectivity index (χ3n) is 8.42. The highest BCUT2D eigenvalue weighted by atomic mass is 35.5. The summed E-state index contributed by atoms with van der Waals surface area (Å²) in [6.45, 7) is 1.53. The van der Waals surface area contributed by atoms with E-state index in [0.29, 0.717) is 48.8 Å². The fourth-order valence-corrected chi connectivity index (χ4v) is 6.37. The first-order chi connectivity index (χ1) is 20.3. The van der Waals surface area contributed by atoms with Gasteiger partial charge in [-0.05, 0) is 48.2 Å². The highest BCUT2D eigenvalue weighted by Gasteiger charge is 2.47. The Morgan fingerprint density at radius 1 is 0.905 bits per heavy atom. The Morgan fingerprint density at radius 3 is 2.29 bits per heavy atom. The number of rotatable bonds is 7. The van der Waals surface area contributed by atoms with Crippen LogP contribution in [0, 0.1) is 11.6 Å². The topological polar surface area (TPSA) is 82.5 Å². The molecule has 0 radical (unpaired) electrons. The first kappa shape index (κ1) is 28.5. The van der Waals surface area contributed by atoms with E-state index >= 15 is 0 Å². The number of nitrogens with two attached hydrogens (primary N) is 1. The van der Waals surface area contributed by atoms with Crippen LogP contribution in [0.25, 0.3) is 0 Å². The van der Waals surface area contributed by atoms with E-state index < -0.39 is 34.5 Å². The molecule has 2 N–H and O–H groups in total. The van der Waals surface area contributed by atoms with Crippen molar-refractivity contribution >= 4 is 11.6 Å². The van der Waals surface area contributed by atoms with Crippen LogP contribution in [0.15, 0.2) is 82.4 Å². The van der Waals surface area contributed by atoms with Crippen LogP contribution in [0.3, 0.4) is 0 Å². The minimum absolute atomic E-state index is 0.00421. The first-order valence-electron chi connectivity index (χ1n) is 14.0. The monoisotopic (exact) mass is 592 g/mol. The number of aromatic nitrogens is 2. The molecular weight excluding hydrogens is 562 g/mol. The Morgan fingerprint density at radius 2 is 1.60 bits per heavy atom. The number of benzene rings is 3. The second-order valence-electron chi connectivity index (χ2n) is 11.0. The molecule has 2 aliphatic heterocycles. The summed E-state index contributed by atoms with van der Waals surface area (Å²) in [4.78, 5) is 30.2. The van der Waals surface area contributed by atoms with Gasteiger partial charge in [0.25, 0.3) is 5.56 Å². The number of likely N-dealkylation sites (tertiary alicyclic amines) is 1. The fraction of sp³-hybridized carbons (Fsp3) is 0.312. The zero-order valence-corrected chi connectivity index (χ0v) is 23.7. The van der Waals surface area contributed by atoms with E-state index in [1.807, 2.05) is 54.6 Å². The predicted molar refractivity (Wildman–Crippen MR) is 156 cm³/mol. The zero-order chi connectivity index (χ0) is 29.4. The predicted octanol–water partition coefficient (Wildman–Crippen LogP) is 4.71. The highest BCUT2D eigenvalue weighted by Crippen LogP contribution is 2.42. The van der Waals surface area contributed by atoms with Crippen molar-refractivity contribution in [2.75, 3.05) is 13.1 Å². The number of hydrogen-bond donors (Lipinski definition) is 1. The molecule has 7 nitrogen and oxygen atoms in total. The van der Waals surface area contributed by atoms with Crippen LogP contribution in [-0.2, 0) is 36.6 Å². The van der Waals surface area contributed by atoms with Crippen molar-refractivity contribution in [1.82, 2.24) is 14.0 Å². The van der Waals surface area contributed by atoms with Crippen molar-refractivity contribution in [1.29, 1.82) is 0 Å². The van der Waals surface area contributed by atoms with Gasteiger partial charge in [-0.1, -0.05) is 60.1 Å². The maximum atomic E-state index is 14.7. The Balaban J connectivity index is 1.39. The van der Waals surface area contributed by atoms with E-state index in [9.17, 15) is 18.4 Å². The van der Waals surface area contributed by atoms with Crippen LogP contribution in [0.5, 0.6) is 0 Å². The largest absolute Gasteiger partial charge is 0.364 e. The molecule has 6 rings (SSSR count). The van der Waals surface area contributed by atoms with Gasteiger partial charge in [-0.25, -0.2) is 13.6 Å². The molecule has 3 heterocycles. The van der Waals surface area contributed by atoms with Crippen molar-refractivity contribution in [2.24, 2.45) is 5.73 Å². The summed E-state index contributed by atoms with van der Waals surface area (Å²) in [7, 11) is 0. The maximum absolute atomic E-state index is 14.7. The average Bonchev–Trinajstić information content (AvgIpc) is 3.35. The lowest BCUT2D eigenvalue weighted by Crippen LogP contribution is -2.49. The SMILES string of the molecule is N[C@@H](Cn1c(=O)c2c(n(Cc3c(F)cccc3F)c1=O)COC21CCN(Cc2cccc(Cl)c2)CC1)c1ccccc1. The maximum Gasteiger partial charge on any atom is 0.331 e. The molecule has 2 aliphatic rings. The van der Waals surface area contributed by atoms with Gasteiger partial charge >= 0.3 is 5.69 Å². The lowest BCUT2D eigenvalue weighted by molar-refractivity contribution is -0.0810. The molecule has 1 atom stereocenters. The molecule has 0 aliphatic carbocycles. The van der Waals surface area contributed by atoms with Gasteiger partial charge in [0.2, 0.25) is 0 Å². The Kier molecular flexibility index (Phi) is 7.85. The van der Waals surface area contributed by atoms with Gasteiger partial charge in [-0.15, -0.1) is 0 Å². The molecule has 3 aromatic carbocycles. The number of fused-ring (bicyclic) bond motifs is 2. The van der Waals surface area contributed by atoms with Crippen LogP contribution < -0.4 is 17.0 Å². The van der Waals surface area contributed by atoms with E-state index in [2.05, 4.69) is 4.90 Å². The third kappa shape index (κ3) is 5.33. The number of nitrogens with zero attached hydrogens (tertiary/aromatic N) is 3. The molecule has 10 heteroatoms. The van der Waals surface area contributed by atoms with E-state index in [1.54, 1.807) is 0 Å². The summed E-state index contributed by atoms with van der Waals surface area (Å²) in [5.74, 6) is -1.53. The highest BCUT2D eigenvalue weighted by molar-refractivity contribution is 6.30. The van der Waals surface area contributed by atoms with Crippen LogP contribution in [0.2, 0.25) is 5.02 Å². The van der Waals surface area contributed by atoms with Gasteiger partial charge in [0, 0.05) is 36.3 Å². The lowest BCUT2D eigenvalue weighted by Gasteiger charge is -2.39. The van der Waals surface area contributed by atoms with E-state index in [1.165, 1.54) is 10.6 Å². The minimum atomic E-state index is -0.918. The molecule has 218 valence electrons. The van der Waals surface area contributed by atoms with E-state index in [4.69, 9.17) is 22.1 Å². The molecule has 4 aromatic rings. The zero-order valence-electron chi connectivity index (χ0n) is 22.9. The molecular formula is C32H31ClF2N4O3. The lowest BCUT2D eigenvalue weighted by atomic mass is 9.85. The number of hydrogen-bond acceptors (Lipinski definition) is 5. The van der Waals surface area contributed by atoms with Crippen LogP contribution in [0.4, 0.5) is 8.78 Å². The average molecular weight is 593 g/mol. The third-order valence-corrected chi connectivity index (χ3v) is 8.65. The van der Waals surface area contributed by atoms with Gasteiger partial charge in [-0.3, -0.25) is 18.8 Å². The second kappa shape index (κ2) is 11.6. The van der Waals surface area contributed by atoms with Crippen molar-refractivity contribution in [3.8, 4) is 0 Å². The first-order valence-corrected chi connectivity index (χ1v) is 14.3. The van der Waals surface area contributed by atoms with Crippen molar-refractivity contribution in [3.63, 3.8) is 0 Å². The fourth-order valence-electron chi connectivity index (χ4n) is 6.16. The normalized spacial score (nSPS) is 17.0. The van der Waals surface area contributed by atoms with Crippen molar-refractivity contribution in [3.05, 3.63) is 138 Å².